The van der Waals surface area contributed by atoms with Crippen LogP contribution in [0.2, 0.25) is 0 Å². The number of nitrogens with zero attached hydrogens (tertiary/aromatic N) is 4. The fourth-order valence-electron chi connectivity index (χ4n) is 2.80. The van der Waals surface area contributed by atoms with Crippen molar-refractivity contribution in [3.05, 3.63) is 10.8 Å². The number of hydrogen-bond acceptors (Lipinski definition) is 6. The van der Waals surface area contributed by atoms with Gasteiger partial charge in [-0.3, -0.25) is 0 Å². The quantitative estimate of drug-likeness (QED) is 0.939. The van der Waals surface area contributed by atoms with E-state index in [4.69, 9.17) is 15.6 Å². The van der Waals surface area contributed by atoms with E-state index in [1.807, 2.05) is 4.52 Å². The molecule has 2 aromatic rings. The second-order valence-corrected chi connectivity index (χ2v) is 7.88. The Labute approximate surface area is 128 Å². The Morgan fingerprint density at radius 3 is 2.86 bits per heavy atom. The predicted octanol–water partition coefficient (Wildman–Crippen LogP) is 2.52. The van der Waals surface area contributed by atoms with Crippen LogP contribution in [0.4, 0.5) is 0 Å². The van der Waals surface area contributed by atoms with Gasteiger partial charge in [0.1, 0.15) is 11.1 Å². The molecule has 21 heavy (non-hydrogen) atoms. The number of aromatic nitrogens is 4. The molecule has 0 aliphatic carbocycles. The molecule has 0 spiro atoms. The molecule has 116 valence electrons. The zero-order chi connectivity index (χ0) is 15.0. The van der Waals surface area contributed by atoms with Crippen molar-refractivity contribution in [1.82, 2.24) is 19.8 Å². The Morgan fingerprint density at radius 1 is 1.43 bits per heavy atom. The van der Waals surface area contributed by atoms with Crippen LogP contribution in [0.5, 0.6) is 0 Å². The van der Waals surface area contributed by atoms with Gasteiger partial charge in [-0.05, 0) is 24.7 Å². The fourth-order valence-corrected chi connectivity index (χ4v) is 3.76. The first-order chi connectivity index (χ1) is 9.98. The minimum absolute atomic E-state index is 0.0360. The van der Waals surface area contributed by atoms with Crippen LogP contribution in [0.15, 0.2) is 0 Å². The average Bonchev–Trinajstić information content (AvgIpc) is 3.09. The third kappa shape index (κ3) is 3.09. The summed E-state index contributed by atoms with van der Waals surface area (Å²) >= 11 is 1.59. The molecule has 0 amide bonds. The molecule has 7 heteroatoms. The lowest BCUT2D eigenvalue weighted by atomic mass is 9.85. The maximum atomic E-state index is 5.96. The molecule has 0 bridgehead atoms. The van der Waals surface area contributed by atoms with Crippen LogP contribution in [0, 0.1) is 5.41 Å². The minimum atomic E-state index is 0.0360. The Morgan fingerprint density at radius 2 is 2.24 bits per heavy atom. The molecule has 1 aliphatic heterocycles. The Balaban J connectivity index is 1.89. The SMILES string of the molecule is CC(C)(C)CC(CN)c1nn2c(C3CCCO3)nnc2s1. The normalized spacial score (nSPS) is 21.2. The Kier molecular flexibility index (Phi) is 3.98. The second-order valence-electron chi connectivity index (χ2n) is 6.89. The summed E-state index contributed by atoms with van der Waals surface area (Å²) in [6, 6.07) is 0. The van der Waals surface area contributed by atoms with Crippen molar-refractivity contribution in [3.63, 3.8) is 0 Å². The number of ether oxygens (including phenoxy) is 1. The molecule has 1 saturated heterocycles. The standard InChI is InChI=1S/C14H23N5OS/c1-14(2,3)7-9(8-15)12-18-19-11(10-5-4-6-20-10)16-17-13(19)21-12/h9-10H,4-8,15H2,1-3H3. The van der Waals surface area contributed by atoms with E-state index in [9.17, 15) is 0 Å². The van der Waals surface area contributed by atoms with Gasteiger partial charge in [0.15, 0.2) is 5.82 Å². The van der Waals surface area contributed by atoms with Gasteiger partial charge >= 0.3 is 0 Å². The summed E-state index contributed by atoms with van der Waals surface area (Å²) < 4.78 is 7.55. The van der Waals surface area contributed by atoms with Crippen LogP contribution in [0.25, 0.3) is 4.96 Å². The molecular formula is C14H23N5OS. The maximum absolute atomic E-state index is 5.96. The van der Waals surface area contributed by atoms with Gasteiger partial charge in [0.05, 0.1) is 0 Å². The molecule has 1 fully saturated rings. The van der Waals surface area contributed by atoms with Crippen molar-refractivity contribution in [3.8, 4) is 0 Å². The minimum Gasteiger partial charge on any atom is -0.370 e. The van der Waals surface area contributed by atoms with Crippen molar-refractivity contribution in [2.24, 2.45) is 11.1 Å². The molecule has 2 aromatic heterocycles. The first kappa shape index (κ1) is 14.9. The van der Waals surface area contributed by atoms with Crippen molar-refractivity contribution in [1.29, 1.82) is 0 Å². The molecule has 2 atom stereocenters. The second kappa shape index (κ2) is 5.62. The highest BCUT2D eigenvalue weighted by Crippen LogP contribution is 2.34. The molecule has 2 N–H and O–H groups in total. The van der Waals surface area contributed by atoms with Gasteiger partial charge in [0, 0.05) is 19.1 Å². The zero-order valence-corrected chi connectivity index (χ0v) is 13.7. The summed E-state index contributed by atoms with van der Waals surface area (Å²) in [5.41, 5.74) is 6.19. The molecule has 2 unspecified atom stereocenters. The zero-order valence-electron chi connectivity index (χ0n) is 12.9. The lowest BCUT2D eigenvalue weighted by Crippen LogP contribution is -2.19. The van der Waals surface area contributed by atoms with E-state index >= 15 is 0 Å². The van der Waals surface area contributed by atoms with Gasteiger partial charge in [0.25, 0.3) is 0 Å². The summed E-state index contributed by atoms with van der Waals surface area (Å²) in [6.45, 7) is 8.10. The van der Waals surface area contributed by atoms with Crippen molar-refractivity contribution in [2.75, 3.05) is 13.2 Å². The monoisotopic (exact) mass is 309 g/mol. The highest BCUT2D eigenvalue weighted by atomic mass is 32.1. The van der Waals surface area contributed by atoms with Gasteiger partial charge in [-0.25, -0.2) is 0 Å². The van der Waals surface area contributed by atoms with E-state index in [-0.39, 0.29) is 17.4 Å². The topological polar surface area (TPSA) is 78.3 Å². The third-order valence-corrected chi connectivity index (χ3v) is 4.80. The number of rotatable bonds is 4. The van der Waals surface area contributed by atoms with Crippen LogP contribution in [0.1, 0.15) is 62.9 Å². The average molecular weight is 309 g/mol. The van der Waals surface area contributed by atoms with Gasteiger partial charge < -0.3 is 10.5 Å². The largest absolute Gasteiger partial charge is 0.370 e. The van der Waals surface area contributed by atoms with E-state index < -0.39 is 0 Å². The molecule has 0 saturated carbocycles. The van der Waals surface area contributed by atoms with Gasteiger partial charge in [-0.2, -0.15) is 9.61 Å². The third-order valence-electron chi connectivity index (χ3n) is 3.74. The van der Waals surface area contributed by atoms with Crippen LogP contribution in [0.3, 0.4) is 0 Å². The molecule has 3 heterocycles. The number of nitrogens with two attached hydrogens (primary N) is 1. The highest BCUT2D eigenvalue weighted by Gasteiger charge is 2.27. The highest BCUT2D eigenvalue weighted by molar-refractivity contribution is 7.16. The molecule has 6 nitrogen and oxygen atoms in total. The predicted molar refractivity (Wildman–Crippen MR) is 82.5 cm³/mol. The number of fused-ring (bicyclic) bond motifs is 1. The maximum Gasteiger partial charge on any atom is 0.234 e. The van der Waals surface area contributed by atoms with Crippen LogP contribution < -0.4 is 5.73 Å². The summed E-state index contributed by atoms with van der Waals surface area (Å²) in [7, 11) is 0. The van der Waals surface area contributed by atoms with E-state index in [2.05, 4.69) is 31.0 Å². The van der Waals surface area contributed by atoms with Gasteiger partial charge in [-0.1, -0.05) is 32.1 Å². The van der Waals surface area contributed by atoms with E-state index in [1.54, 1.807) is 11.3 Å². The van der Waals surface area contributed by atoms with Crippen LogP contribution in [-0.2, 0) is 4.74 Å². The number of hydrogen-bond donors (Lipinski definition) is 1. The van der Waals surface area contributed by atoms with Crippen molar-refractivity contribution < 1.29 is 4.74 Å². The Bertz CT molecular complexity index is 608. The molecule has 3 rings (SSSR count). The smallest absolute Gasteiger partial charge is 0.234 e. The Hall–Kier alpha value is -1.05. The first-order valence-electron chi connectivity index (χ1n) is 7.51. The lowest BCUT2D eigenvalue weighted by molar-refractivity contribution is 0.103. The van der Waals surface area contributed by atoms with E-state index in [1.165, 1.54) is 0 Å². The van der Waals surface area contributed by atoms with Crippen LogP contribution >= 0.6 is 11.3 Å². The lowest BCUT2D eigenvalue weighted by Gasteiger charge is -2.23. The summed E-state index contributed by atoms with van der Waals surface area (Å²) in [5, 5.41) is 14.3. The first-order valence-corrected chi connectivity index (χ1v) is 8.33. The molecule has 1 aliphatic rings. The van der Waals surface area contributed by atoms with E-state index in [0.717, 1.165) is 41.7 Å². The molecular weight excluding hydrogens is 286 g/mol. The van der Waals surface area contributed by atoms with Crippen molar-refractivity contribution in [2.45, 2.75) is 52.1 Å². The fraction of sp³-hybridized carbons (Fsp3) is 0.786. The summed E-state index contributed by atoms with van der Waals surface area (Å²) in [5.74, 6) is 1.10. The molecule has 0 radical (unpaired) electrons. The van der Waals surface area contributed by atoms with Gasteiger partial charge in [-0.15, -0.1) is 10.2 Å². The van der Waals surface area contributed by atoms with E-state index in [0.29, 0.717) is 6.54 Å². The summed E-state index contributed by atoms with van der Waals surface area (Å²) in [4.78, 5) is 0.836. The van der Waals surface area contributed by atoms with Crippen molar-refractivity contribution >= 4 is 16.3 Å². The van der Waals surface area contributed by atoms with Gasteiger partial charge in [0.2, 0.25) is 4.96 Å². The molecule has 0 aromatic carbocycles. The summed E-state index contributed by atoms with van der Waals surface area (Å²) in [6.07, 6.45) is 3.12. The van der Waals surface area contributed by atoms with Crippen LogP contribution in [-0.4, -0.2) is 33.0 Å².